The Hall–Kier alpha value is -0.860. The molecule has 0 radical (unpaired) electrons. The van der Waals surface area contributed by atoms with Gasteiger partial charge in [-0.25, -0.2) is 0 Å². The fraction of sp³-hybridized carbons (Fsp3) is 0.538. The quantitative estimate of drug-likeness (QED) is 0.805. The Kier molecular flexibility index (Phi) is 4.30. The van der Waals surface area contributed by atoms with Crippen molar-refractivity contribution in [2.24, 2.45) is 0 Å². The molecule has 1 aromatic rings. The molecular weight excluding hydrogens is 188 g/mol. The largest absolute Gasteiger partial charge is 0.387 e. The van der Waals surface area contributed by atoms with Crippen molar-refractivity contribution in [3.63, 3.8) is 0 Å². The lowest BCUT2D eigenvalue weighted by Crippen LogP contribution is -2.34. The normalized spacial score (nSPS) is 15.3. The zero-order chi connectivity index (χ0) is 11.3. The Labute approximate surface area is 91.9 Å². The minimum absolute atomic E-state index is 0.159. The minimum Gasteiger partial charge on any atom is -0.387 e. The van der Waals surface area contributed by atoms with E-state index < -0.39 is 5.60 Å². The van der Waals surface area contributed by atoms with Gasteiger partial charge in [0.2, 0.25) is 0 Å². The van der Waals surface area contributed by atoms with E-state index in [-0.39, 0.29) is 6.10 Å². The minimum atomic E-state index is -0.786. The summed E-state index contributed by atoms with van der Waals surface area (Å²) >= 11 is 0. The first-order chi connectivity index (χ1) is 6.99. The van der Waals surface area contributed by atoms with Gasteiger partial charge in [0.25, 0.3) is 0 Å². The lowest BCUT2D eigenvalue weighted by molar-refractivity contribution is -0.0529. The lowest BCUT2D eigenvalue weighted by Gasteiger charge is -2.24. The summed E-state index contributed by atoms with van der Waals surface area (Å²) in [4.78, 5) is 0. The summed E-state index contributed by atoms with van der Waals surface area (Å²) in [6, 6.07) is 9.97. The van der Waals surface area contributed by atoms with E-state index in [1.807, 2.05) is 51.1 Å². The molecule has 0 saturated carbocycles. The van der Waals surface area contributed by atoms with Crippen LogP contribution in [0.15, 0.2) is 30.3 Å². The van der Waals surface area contributed by atoms with Gasteiger partial charge in [-0.15, -0.1) is 0 Å². The molecule has 0 aliphatic carbocycles. The van der Waals surface area contributed by atoms with E-state index >= 15 is 0 Å². The van der Waals surface area contributed by atoms with E-state index in [2.05, 4.69) is 0 Å². The van der Waals surface area contributed by atoms with Gasteiger partial charge in [-0.1, -0.05) is 30.3 Å². The molecule has 0 aliphatic heterocycles. The van der Waals surface area contributed by atoms with Gasteiger partial charge in [-0.05, 0) is 26.3 Å². The first kappa shape index (κ1) is 12.2. The number of rotatable bonds is 5. The average Bonchev–Trinajstić information content (AvgIpc) is 2.16. The van der Waals surface area contributed by atoms with Crippen LogP contribution in [0.5, 0.6) is 0 Å². The maximum atomic E-state index is 10.1. The van der Waals surface area contributed by atoms with Gasteiger partial charge >= 0.3 is 0 Å². The van der Waals surface area contributed by atoms with Gasteiger partial charge < -0.3 is 9.84 Å². The highest BCUT2D eigenvalue weighted by Gasteiger charge is 2.21. The van der Waals surface area contributed by atoms with Crippen molar-refractivity contribution in [1.82, 2.24) is 0 Å². The SMILES string of the molecule is CC(C)OCC(C)(O)Cc1ccccc1. The lowest BCUT2D eigenvalue weighted by atomic mass is 9.97. The highest BCUT2D eigenvalue weighted by Crippen LogP contribution is 2.14. The maximum absolute atomic E-state index is 10.1. The average molecular weight is 208 g/mol. The molecule has 2 nitrogen and oxygen atoms in total. The van der Waals surface area contributed by atoms with Crippen LogP contribution in [0.3, 0.4) is 0 Å². The molecule has 0 fully saturated rings. The van der Waals surface area contributed by atoms with Crippen LogP contribution in [0, 0.1) is 0 Å². The van der Waals surface area contributed by atoms with E-state index in [1.165, 1.54) is 0 Å². The molecule has 1 aromatic carbocycles. The molecule has 1 N–H and O–H groups in total. The summed E-state index contributed by atoms with van der Waals surface area (Å²) < 4.78 is 5.43. The number of hydrogen-bond donors (Lipinski definition) is 1. The highest BCUT2D eigenvalue weighted by atomic mass is 16.5. The topological polar surface area (TPSA) is 29.5 Å². The van der Waals surface area contributed by atoms with E-state index in [1.54, 1.807) is 0 Å². The second kappa shape index (κ2) is 5.29. The van der Waals surface area contributed by atoms with E-state index in [0.717, 1.165) is 5.56 Å². The summed E-state index contributed by atoms with van der Waals surface area (Å²) in [5.74, 6) is 0. The molecule has 0 heterocycles. The van der Waals surface area contributed by atoms with Crippen molar-refractivity contribution in [2.75, 3.05) is 6.61 Å². The maximum Gasteiger partial charge on any atom is 0.0892 e. The van der Waals surface area contributed by atoms with Gasteiger partial charge in [0.05, 0.1) is 18.3 Å². The Bertz CT molecular complexity index is 278. The van der Waals surface area contributed by atoms with Crippen LogP contribution in [0.4, 0.5) is 0 Å². The van der Waals surface area contributed by atoms with Crippen molar-refractivity contribution in [1.29, 1.82) is 0 Å². The molecule has 0 spiro atoms. The van der Waals surface area contributed by atoms with E-state index in [9.17, 15) is 5.11 Å². The van der Waals surface area contributed by atoms with Crippen molar-refractivity contribution in [3.8, 4) is 0 Å². The summed E-state index contributed by atoms with van der Waals surface area (Å²) in [5.41, 5.74) is 0.348. The zero-order valence-electron chi connectivity index (χ0n) is 9.73. The Morgan fingerprint density at radius 3 is 2.40 bits per heavy atom. The Morgan fingerprint density at radius 1 is 1.27 bits per heavy atom. The molecule has 0 aliphatic rings. The summed E-state index contributed by atoms with van der Waals surface area (Å²) in [6.45, 7) is 6.12. The molecule has 1 rings (SSSR count). The molecular formula is C13H20O2. The summed E-state index contributed by atoms with van der Waals surface area (Å²) in [5, 5.41) is 10.1. The van der Waals surface area contributed by atoms with Crippen LogP contribution in [-0.4, -0.2) is 23.4 Å². The van der Waals surface area contributed by atoms with Crippen LogP contribution in [0.1, 0.15) is 26.3 Å². The first-order valence-electron chi connectivity index (χ1n) is 5.37. The Balaban J connectivity index is 2.49. The molecule has 84 valence electrons. The predicted octanol–water partition coefficient (Wildman–Crippen LogP) is 2.41. The van der Waals surface area contributed by atoms with Crippen molar-refractivity contribution in [2.45, 2.75) is 38.9 Å². The number of benzene rings is 1. The highest BCUT2D eigenvalue weighted by molar-refractivity contribution is 5.16. The third-order valence-electron chi connectivity index (χ3n) is 2.16. The fourth-order valence-electron chi connectivity index (χ4n) is 1.43. The third-order valence-corrected chi connectivity index (χ3v) is 2.16. The molecule has 1 unspecified atom stereocenters. The van der Waals surface area contributed by atoms with E-state index in [0.29, 0.717) is 13.0 Å². The molecule has 0 bridgehead atoms. The Morgan fingerprint density at radius 2 is 1.87 bits per heavy atom. The van der Waals surface area contributed by atoms with Crippen molar-refractivity contribution in [3.05, 3.63) is 35.9 Å². The van der Waals surface area contributed by atoms with Crippen LogP contribution in [0.2, 0.25) is 0 Å². The molecule has 0 saturated heterocycles. The molecule has 0 amide bonds. The van der Waals surface area contributed by atoms with Crippen LogP contribution < -0.4 is 0 Å². The molecule has 1 atom stereocenters. The fourth-order valence-corrected chi connectivity index (χ4v) is 1.43. The van der Waals surface area contributed by atoms with Gasteiger partial charge in [0.15, 0.2) is 0 Å². The summed E-state index contributed by atoms with van der Waals surface area (Å²) in [6.07, 6.45) is 0.785. The number of ether oxygens (including phenoxy) is 1. The smallest absolute Gasteiger partial charge is 0.0892 e. The molecule has 0 aromatic heterocycles. The van der Waals surface area contributed by atoms with Crippen LogP contribution >= 0.6 is 0 Å². The van der Waals surface area contributed by atoms with Gasteiger partial charge in [-0.3, -0.25) is 0 Å². The molecule has 2 heteroatoms. The van der Waals surface area contributed by atoms with Gasteiger partial charge in [-0.2, -0.15) is 0 Å². The third kappa shape index (κ3) is 4.96. The van der Waals surface area contributed by atoms with Crippen LogP contribution in [0.25, 0.3) is 0 Å². The van der Waals surface area contributed by atoms with Crippen molar-refractivity contribution >= 4 is 0 Å². The standard InChI is InChI=1S/C13H20O2/c1-11(2)15-10-13(3,14)9-12-7-5-4-6-8-12/h4-8,11,14H,9-10H2,1-3H3. The monoisotopic (exact) mass is 208 g/mol. The van der Waals surface area contributed by atoms with Gasteiger partial charge in [0, 0.05) is 6.42 Å². The second-order valence-corrected chi connectivity index (χ2v) is 4.52. The predicted molar refractivity (Wildman–Crippen MR) is 61.9 cm³/mol. The number of aliphatic hydroxyl groups is 1. The molecule has 15 heavy (non-hydrogen) atoms. The number of hydrogen-bond acceptors (Lipinski definition) is 2. The van der Waals surface area contributed by atoms with Gasteiger partial charge in [0.1, 0.15) is 0 Å². The second-order valence-electron chi connectivity index (χ2n) is 4.52. The van der Waals surface area contributed by atoms with Crippen LogP contribution in [-0.2, 0) is 11.2 Å². The summed E-state index contributed by atoms with van der Waals surface area (Å²) in [7, 11) is 0. The zero-order valence-corrected chi connectivity index (χ0v) is 9.73. The van der Waals surface area contributed by atoms with E-state index in [4.69, 9.17) is 4.74 Å². The van der Waals surface area contributed by atoms with Crippen molar-refractivity contribution < 1.29 is 9.84 Å². The first-order valence-corrected chi connectivity index (χ1v) is 5.37.